The van der Waals surface area contributed by atoms with Gasteiger partial charge in [-0.3, -0.25) is 4.79 Å². The van der Waals surface area contributed by atoms with Gasteiger partial charge in [0.05, 0.1) is 6.61 Å². The van der Waals surface area contributed by atoms with E-state index < -0.39 is 0 Å². The Labute approximate surface area is 188 Å². The molecule has 0 saturated carbocycles. The van der Waals surface area contributed by atoms with Crippen LogP contribution in [-0.2, 0) is 16.0 Å². The Morgan fingerprint density at radius 3 is 2.47 bits per heavy atom. The molecule has 1 aromatic heterocycles. The van der Waals surface area contributed by atoms with E-state index in [2.05, 4.69) is 41.4 Å². The van der Waals surface area contributed by atoms with Gasteiger partial charge in [0.15, 0.2) is 0 Å². The lowest BCUT2D eigenvalue weighted by atomic mass is 10.00. The molecule has 1 atom stereocenters. The summed E-state index contributed by atoms with van der Waals surface area (Å²) < 4.78 is 11.4. The summed E-state index contributed by atoms with van der Waals surface area (Å²) in [6.45, 7) is 4.23. The fourth-order valence-electron chi connectivity index (χ4n) is 3.73. The standard InChI is InChI=1S/C28H27NO3/c1-3-31-27(30)16-13-21-17-26(25-15-14-23-11-7-8-12-24(23)18-25)28(29-19-21)32-20(2)22-9-5-4-6-10-22/h4-12,14-15,17-20H,3,13,16H2,1-2H3/t20-/m1/s1. The lowest BCUT2D eigenvalue weighted by Gasteiger charge is -2.18. The summed E-state index contributed by atoms with van der Waals surface area (Å²) in [4.78, 5) is 16.5. The molecule has 0 amide bonds. The fourth-order valence-corrected chi connectivity index (χ4v) is 3.73. The first kappa shape index (κ1) is 21.6. The third-order valence-corrected chi connectivity index (χ3v) is 5.45. The van der Waals surface area contributed by atoms with Gasteiger partial charge in [-0.25, -0.2) is 4.98 Å². The lowest BCUT2D eigenvalue weighted by molar-refractivity contribution is -0.143. The van der Waals surface area contributed by atoms with Crippen molar-refractivity contribution < 1.29 is 14.3 Å². The minimum Gasteiger partial charge on any atom is -0.469 e. The van der Waals surface area contributed by atoms with Crippen LogP contribution in [-0.4, -0.2) is 17.6 Å². The number of benzene rings is 3. The van der Waals surface area contributed by atoms with Crippen LogP contribution in [0.3, 0.4) is 0 Å². The maximum atomic E-state index is 11.8. The number of carbonyl (C=O) groups excluding carboxylic acids is 1. The maximum absolute atomic E-state index is 11.8. The number of carbonyl (C=O) groups is 1. The van der Waals surface area contributed by atoms with Crippen LogP contribution in [0.25, 0.3) is 21.9 Å². The molecule has 162 valence electrons. The summed E-state index contributed by atoms with van der Waals surface area (Å²) >= 11 is 0. The molecule has 0 unspecified atom stereocenters. The first-order chi connectivity index (χ1) is 15.6. The molecule has 4 nitrogen and oxygen atoms in total. The van der Waals surface area contributed by atoms with E-state index in [0.717, 1.165) is 27.6 Å². The van der Waals surface area contributed by atoms with E-state index in [4.69, 9.17) is 9.47 Å². The Morgan fingerprint density at radius 2 is 1.69 bits per heavy atom. The molecule has 0 N–H and O–H groups in total. The zero-order chi connectivity index (χ0) is 22.3. The third-order valence-electron chi connectivity index (χ3n) is 5.45. The highest BCUT2D eigenvalue weighted by molar-refractivity contribution is 5.88. The summed E-state index contributed by atoms with van der Waals surface area (Å²) in [5.74, 6) is 0.384. The van der Waals surface area contributed by atoms with Crippen molar-refractivity contribution in [3.63, 3.8) is 0 Å². The number of hydrogen-bond donors (Lipinski definition) is 0. The summed E-state index contributed by atoms with van der Waals surface area (Å²) in [5.41, 5.74) is 4.01. The van der Waals surface area contributed by atoms with Crippen LogP contribution < -0.4 is 4.74 Å². The highest BCUT2D eigenvalue weighted by atomic mass is 16.5. The predicted octanol–water partition coefficient (Wildman–Crippen LogP) is 6.54. The minimum absolute atomic E-state index is 0.145. The van der Waals surface area contributed by atoms with Crippen molar-refractivity contribution in [1.82, 2.24) is 4.98 Å². The Balaban J connectivity index is 1.68. The summed E-state index contributed by atoms with van der Waals surface area (Å²) in [6, 6.07) is 26.8. The fraction of sp³-hybridized carbons (Fsp3) is 0.214. The van der Waals surface area contributed by atoms with Gasteiger partial charge >= 0.3 is 5.97 Å². The number of aromatic nitrogens is 1. The summed E-state index contributed by atoms with van der Waals surface area (Å²) in [5, 5.41) is 2.34. The summed E-state index contributed by atoms with van der Waals surface area (Å²) in [7, 11) is 0. The van der Waals surface area contributed by atoms with E-state index in [-0.39, 0.29) is 12.1 Å². The van der Waals surface area contributed by atoms with Crippen LogP contribution in [0.4, 0.5) is 0 Å². The molecule has 0 spiro atoms. The van der Waals surface area contributed by atoms with Crippen LogP contribution in [0.1, 0.15) is 37.5 Å². The van der Waals surface area contributed by atoms with Crippen LogP contribution in [0.2, 0.25) is 0 Å². The number of rotatable bonds is 8. The van der Waals surface area contributed by atoms with E-state index in [1.54, 1.807) is 6.20 Å². The molecule has 0 radical (unpaired) electrons. The Morgan fingerprint density at radius 1 is 0.938 bits per heavy atom. The van der Waals surface area contributed by atoms with Gasteiger partial charge in [0.2, 0.25) is 5.88 Å². The van der Waals surface area contributed by atoms with Crippen molar-refractivity contribution in [3.05, 3.63) is 96.2 Å². The molecule has 0 fully saturated rings. The van der Waals surface area contributed by atoms with Crippen LogP contribution in [0, 0.1) is 0 Å². The van der Waals surface area contributed by atoms with Gasteiger partial charge in [-0.05, 0) is 59.9 Å². The first-order valence-corrected chi connectivity index (χ1v) is 11.0. The number of pyridine rings is 1. The second-order valence-electron chi connectivity index (χ2n) is 7.73. The topological polar surface area (TPSA) is 48.4 Å². The highest BCUT2D eigenvalue weighted by Gasteiger charge is 2.15. The molecule has 0 aliphatic rings. The normalized spacial score (nSPS) is 11.8. The van der Waals surface area contributed by atoms with Crippen molar-refractivity contribution in [2.45, 2.75) is 32.8 Å². The van der Waals surface area contributed by atoms with Gasteiger partial charge in [0, 0.05) is 18.2 Å². The third kappa shape index (κ3) is 5.14. The molecule has 4 aromatic rings. The Kier molecular flexibility index (Phi) is 6.81. The second kappa shape index (κ2) is 10.1. The highest BCUT2D eigenvalue weighted by Crippen LogP contribution is 2.34. The van der Waals surface area contributed by atoms with Gasteiger partial charge in [0.25, 0.3) is 0 Å². The van der Waals surface area contributed by atoms with Gasteiger partial charge in [-0.2, -0.15) is 0 Å². The number of nitrogens with zero attached hydrogens (tertiary/aromatic N) is 1. The van der Waals surface area contributed by atoms with Crippen LogP contribution in [0.5, 0.6) is 5.88 Å². The van der Waals surface area contributed by atoms with Crippen LogP contribution in [0.15, 0.2) is 85.1 Å². The van der Waals surface area contributed by atoms with Gasteiger partial charge in [0.1, 0.15) is 6.10 Å². The quantitative estimate of drug-likeness (QED) is 0.301. The molecule has 1 heterocycles. The van der Waals surface area contributed by atoms with Crippen molar-refractivity contribution in [2.75, 3.05) is 6.61 Å². The van der Waals surface area contributed by atoms with E-state index in [0.29, 0.717) is 25.3 Å². The van der Waals surface area contributed by atoms with Crippen molar-refractivity contribution in [3.8, 4) is 17.0 Å². The van der Waals surface area contributed by atoms with Crippen molar-refractivity contribution in [2.24, 2.45) is 0 Å². The minimum atomic E-state index is -0.196. The number of fused-ring (bicyclic) bond motifs is 1. The lowest BCUT2D eigenvalue weighted by Crippen LogP contribution is -2.07. The number of aryl methyl sites for hydroxylation is 1. The molecule has 3 aromatic carbocycles. The molecular formula is C28H27NO3. The Hall–Kier alpha value is -3.66. The first-order valence-electron chi connectivity index (χ1n) is 11.0. The maximum Gasteiger partial charge on any atom is 0.306 e. The Bertz CT molecular complexity index is 1200. The zero-order valence-corrected chi connectivity index (χ0v) is 18.5. The zero-order valence-electron chi connectivity index (χ0n) is 18.5. The average Bonchev–Trinajstić information content (AvgIpc) is 2.84. The molecule has 0 aliphatic heterocycles. The number of ether oxygens (including phenoxy) is 2. The second-order valence-corrected chi connectivity index (χ2v) is 7.73. The summed E-state index contributed by atoms with van der Waals surface area (Å²) in [6.07, 6.45) is 2.54. The van der Waals surface area contributed by atoms with Gasteiger partial charge < -0.3 is 9.47 Å². The van der Waals surface area contributed by atoms with E-state index in [9.17, 15) is 4.79 Å². The molecule has 0 aliphatic carbocycles. The van der Waals surface area contributed by atoms with Crippen LogP contribution >= 0.6 is 0 Å². The SMILES string of the molecule is CCOC(=O)CCc1cnc(O[C@H](C)c2ccccc2)c(-c2ccc3ccccc3c2)c1. The molecule has 0 saturated heterocycles. The largest absolute Gasteiger partial charge is 0.469 e. The molecule has 0 bridgehead atoms. The number of esters is 1. The van der Waals surface area contributed by atoms with Gasteiger partial charge in [-0.1, -0.05) is 66.7 Å². The molecular weight excluding hydrogens is 398 g/mol. The molecule has 4 rings (SSSR count). The monoisotopic (exact) mass is 425 g/mol. The van der Waals surface area contributed by atoms with E-state index in [1.165, 1.54) is 5.39 Å². The van der Waals surface area contributed by atoms with Crippen molar-refractivity contribution >= 4 is 16.7 Å². The molecule has 32 heavy (non-hydrogen) atoms. The number of hydrogen-bond acceptors (Lipinski definition) is 4. The van der Waals surface area contributed by atoms with Crippen molar-refractivity contribution in [1.29, 1.82) is 0 Å². The van der Waals surface area contributed by atoms with E-state index in [1.807, 2.05) is 56.3 Å². The smallest absolute Gasteiger partial charge is 0.306 e. The average molecular weight is 426 g/mol. The van der Waals surface area contributed by atoms with E-state index >= 15 is 0 Å². The van der Waals surface area contributed by atoms with Gasteiger partial charge in [-0.15, -0.1) is 0 Å². The molecule has 4 heteroatoms. The predicted molar refractivity (Wildman–Crippen MR) is 128 cm³/mol.